The molecule has 0 bridgehead atoms. The molecule has 2 heterocycles. The molecule has 52 valence electrons. The molecule has 2 aliphatic rings. The van der Waals surface area contributed by atoms with Crippen LogP contribution in [0.3, 0.4) is 0 Å². The Bertz CT molecular complexity index is 125. The van der Waals surface area contributed by atoms with Gasteiger partial charge in [0.15, 0.2) is 0 Å². The van der Waals surface area contributed by atoms with Crippen LogP contribution in [0.2, 0.25) is 0 Å². The quantitative estimate of drug-likeness (QED) is 0.483. The smallest absolute Gasteiger partial charge is 0.112 e. The molecule has 0 saturated carbocycles. The fourth-order valence-corrected chi connectivity index (χ4v) is 1.29. The highest BCUT2D eigenvalue weighted by atomic mass is 16.6. The van der Waals surface area contributed by atoms with Gasteiger partial charge in [-0.25, -0.2) is 0 Å². The number of hydrogen-bond acceptors (Lipinski definition) is 3. The highest BCUT2D eigenvalue weighted by Crippen LogP contribution is 2.25. The van der Waals surface area contributed by atoms with E-state index in [0.29, 0.717) is 13.2 Å². The Kier molecular flexibility index (Phi) is 1.00. The Balaban J connectivity index is 2.09. The second-order valence-corrected chi connectivity index (χ2v) is 2.40. The molecule has 3 heteroatoms. The number of fused-ring (bicyclic) bond motifs is 1. The second kappa shape index (κ2) is 1.94. The van der Waals surface area contributed by atoms with Crippen LogP contribution < -0.4 is 0 Å². The monoisotopic (exact) mass is 131 g/mol. The average Bonchev–Trinajstić information content (AvgIpc) is 2.41. The van der Waals surface area contributed by atoms with Crippen LogP contribution >= 0.6 is 0 Å². The van der Waals surface area contributed by atoms with E-state index in [9.17, 15) is 5.11 Å². The topological polar surface area (TPSA) is 38.7 Å². The van der Waals surface area contributed by atoms with Crippen molar-refractivity contribution in [3.63, 3.8) is 0 Å². The summed E-state index contributed by atoms with van der Waals surface area (Å²) in [6.45, 7) is 0.719. The van der Waals surface area contributed by atoms with Crippen molar-refractivity contribution in [2.45, 2.75) is 24.7 Å². The number of aliphatic hydroxyl groups excluding tert-OH is 1. The Morgan fingerprint density at radius 1 is 1.56 bits per heavy atom. The van der Waals surface area contributed by atoms with Crippen LogP contribution in [0.5, 0.6) is 0 Å². The minimum Gasteiger partial charge on any atom is -0.388 e. The van der Waals surface area contributed by atoms with Crippen LogP contribution in [-0.2, 0) is 9.47 Å². The van der Waals surface area contributed by atoms with Gasteiger partial charge in [0.2, 0.25) is 0 Å². The largest absolute Gasteiger partial charge is 0.388 e. The van der Waals surface area contributed by atoms with E-state index in [2.05, 4.69) is 0 Å². The first-order chi connectivity index (χ1) is 4.79. The fraction of sp³-hybridized carbons (Fsp3) is 1.00. The van der Waals surface area contributed by atoms with Gasteiger partial charge in [0.05, 0.1) is 12.7 Å². The van der Waals surface area contributed by atoms with Gasteiger partial charge in [0.1, 0.15) is 12.2 Å². The summed E-state index contributed by atoms with van der Waals surface area (Å²) in [7, 11) is 0. The van der Waals surface area contributed by atoms with Crippen LogP contribution in [0.4, 0.5) is 0 Å². The zero-order chi connectivity index (χ0) is 7.14. The van der Waals surface area contributed by atoms with E-state index < -0.39 is 6.10 Å². The maximum absolute atomic E-state index is 9.18. The minimum absolute atomic E-state index is 0.185. The summed E-state index contributed by atoms with van der Waals surface area (Å²) in [6.07, 6.45) is -1.24. The molecule has 2 saturated heterocycles. The molecule has 0 spiro atoms. The molecular formula is C6H10O3. The van der Waals surface area contributed by atoms with Gasteiger partial charge in [-0.3, -0.25) is 0 Å². The highest BCUT2D eigenvalue weighted by Gasteiger charge is 2.40. The number of rotatable bonds is 0. The van der Waals surface area contributed by atoms with Crippen molar-refractivity contribution in [3.8, 4) is 0 Å². The Hall–Kier alpha value is -0.120. The van der Waals surface area contributed by atoms with E-state index >= 15 is 0 Å². The third-order valence-electron chi connectivity index (χ3n) is 1.78. The Morgan fingerprint density at radius 3 is 3.22 bits per heavy atom. The van der Waals surface area contributed by atoms with Gasteiger partial charge in [-0.15, -0.1) is 0 Å². The summed E-state index contributed by atoms with van der Waals surface area (Å²) >= 11 is 0. The first-order valence-electron chi connectivity index (χ1n) is 3.70. The molecule has 0 aromatic rings. The average molecular weight is 131 g/mol. The van der Waals surface area contributed by atoms with Crippen LogP contribution in [0.1, 0.15) is 7.77 Å². The van der Waals surface area contributed by atoms with Crippen molar-refractivity contribution in [2.24, 2.45) is 0 Å². The molecule has 4 atom stereocenters. The van der Waals surface area contributed by atoms with Crippen molar-refractivity contribution in [1.82, 2.24) is 0 Å². The Morgan fingerprint density at radius 2 is 2.44 bits per heavy atom. The standard InChI is InChI=1S/C6H10O3/c7-4-3-9-5-1-2-8-6(4)5/h4-7H,1-3H2/t4-,5-,6-/m1/s1/i1D/t1-,4-,5-,6-. The normalized spacial score (nSPS) is 59.4. The van der Waals surface area contributed by atoms with E-state index in [1.807, 2.05) is 0 Å². The summed E-state index contributed by atoms with van der Waals surface area (Å²) in [6, 6.07) is 0. The predicted molar refractivity (Wildman–Crippen MR) is 30.1 cm³/mol. The zero-order valence-corrected chi connectivity index (χ0v) is 4.99. The predicted octanol–water partition coefficient (Wildman–Crippen LogP) is -0.465. The molecule has 0 aliphatic carbocycles. The lowest BCUT2D eigenvalue weighted by Gasteiger charge is -2.08. The number of aliphatic hydroxyl groups is 1. The van der Waals surface area contributed by atoms with E-state index in [0.717, 1.165) is 0 Å². The third-order valence-corrected chi connectivity index (χ3v) is 1.78. The van der Waals surface area contributed by atoms with E-state index in [1.54, 1.807) is 0 Å². The minimum atomic E-state index is -0.514. The first-order valence-corrected chi connectivity index (χ1v) is 3.12. The number of hydrogen-bond donors (Lipinski definition) is 1. The van der Waals surface area contributed by atoms with Gasteiger partial charge in [-0.05, 0) is 6.40 Å². The summed E-state index contributed by atoms with van der Waals surface area (Å²) in [5, 5.41) is 9.18. The third kappa shape index (κ3) is 0.764. The van der Waals surface area contributed by atoms with Crippen LogP contribution in [0, 0.1) is 0 Å². The Labute approximate surface area is 55.0 Å². The van der Waals surface area contributed by atoms with Gasteiger partial charge in [-0.1, -0.05) is 0 Å². The van der Waals surface area contributed by atoms with E-state index in [4.69, 9.17) is 10.8 Å². The molecule has 0 amide bonds. The van der Waals surface area contributed by atoms with Crippen molar-refractivity contribution in [2.75, 3.05) is 13.2 Å². The van der Waals surface area contributed by atoms with Crippen LogP contribution in [-0.4, -0.2) is 36.6 Å². The molecule has 1 N–H and O–H groups in total. The SMILES string of the molecule is [2H][C@@H]1CO[C@H]2[C@@H]1OC[C@H]2O. The van der Waals surface area contributed by atoms with Crippen LogP contribution in [0.25, 0.3) is 0 Å². The molecule has 2 rings (SSSR count). The summed E-state index contributed by atoms with van der Waals surface area (Å²) < 4.78 is 17.7. The van der Waals surface area contributed by atoms with E-state index in [1.165, 1.54) is 0 Å². The molecule has 0 aromatic carbocycles. The second-order valence-electron chi connectivity index (χ2n) is 2.40. The van der Waals surface area contributed by atoms with Gasteiger partial charge >= 0.3 is 0 Å². The molecule has 2 fully saturated rings. The van der Waals surface area contributed by atoms with Gasteiger partial charge < -0.3 is 14.6 Å². The fourth-order valence-electron chi connectivity index (χ4n) is 1.29. The summed E-state index contributed by atoms with van der Waals surface area (Å²) in [5.74, 6) is 0. The van der Waals surface area contributed by atoms with E-state index in [-0.39, 0.29) is 18.6 Å². The number of ether oxygens (including phenoxy) is 2. The lowest BCUT2D eigenvalue weighted by atomic mass is 10.1. The lowest BCUT2D eigenvalue weighted by Crippen LogP contribution is -2.26. The summed E-state index contributed by atoms with van der Waals surface area (Å²) in [4.78, 5) is 0. The molecule has 0 unspecified atom stereocenters. The van der Waals surface area contributed by atoms with Crippen molar-refractivity contribution in [1.29, 1.82) is 0 Å². The molecule has 2 aliphatic heterocycles. The molecular weight excluding hydrogens is 120 g/mol. The van der Waals surface area contributed by atoms with Crippen LogP contribution in [0.15, 0.2) is 0 Å². The molecule has 3 nitrogen and oxygen atoms in total. The lowest BCUT2D eigenvalue weighted by molar-refractivity contribution is 0.0187. The van der Waals surface area contributed by atoms with Crippen molar-refractivity contribution >= 4 is 0 Å². The molecule has 9 heavy (non-hydrogen) atoms. The molecule has 0 radical (unpaired) electrons. The summed E-state index contributed by atoms with van der Waals surface area (Å²) in [5.41, 5.74) is 0. The zero-order valence-electron chi connectivity index (χ0n) is 5.99. The van der Waals surface area contributed by atoms with Crippen molar-refractivity contribution in [3.05, 3.63) is 0 Å². The highest BCUT2D eigenvalue weighted by molar-refractivity contribution is 4.88. The van der Waals surface area contributed by atoms with Gasteiger partial charge in [0, 0.05) is 7.98 Å². The first kappa shape index (κ1) is 4.66. The van der Waals surface area contributed by atoms with Gasteiger partial charge in [0.25, 0.3) is 0 Å². The molecule has 0 aromatic heterocycles. The van der Waals surface area contributed by atoms with Gasteiger partial charge in [-0.2, -0.15) is 0 Å². The maximum atomic E-state index is 9.18. The van der Waals surface area contributed by atoms with Crippen molar-refractivity contribution < 1.29 is 16.0 Å². The maximum Gasteiger partial charge on any atom is 0.112 e.